The molecule has 4 nitrogen and oxygen atoms in total. The van der Waals surface area contributed by atoms with E-state index in [4.69, 9.17) is 4.74 Å². The van der Waals surface area contributed by atoms with Crippen LogP contribution in [0.1, 0.15) is 87.7 Å². The summed E-state index contributed by atoms with van der Waals surface area (Å²) < 4.78 is 5.98. The van der Waals surface area contributed by atoms with E-state index in [2.05, 4.69) is 27.7 Å². The number of hydrogen-bond donors (Lipinski definition) is 2. The second kappa shape index (κ2) is 7.04. The highest BCUT2D eigenvalue weighted by molar-refractivity contribution is 5.94. The van der Waals surface area contributed by atoms with E-state index in [1.807, 2.05) is 13.0 Å². The molecule has 0 amide bonds. The third kappa shape index (κ3) is 3.38. The van der Waals surface area contributed by atoms with Gasteiger partial charge in [0, 0.05) is 5.56 Å². The Hall–Kier alpha value is -1.71. The lowest BCUT2D eigenvalue weighted by Gasteiger charge is -2.40. The molecule has 0 spiro atoms. The first-order valence-electron chi connectivity index (χ1n) is 9.01. The Balaban J connectivity index is 2.66. The van der Waals surface area contributed by atoms with Gasteiger partial charge in [-0.25, -0.2) is 4.79 Å². The van der Waals surface area contributed by atoms with E-state index in [-0.39, 0.29) is 28.7 Å². The van der Waals surface area contributed by atoms with Crippen molar-refractivity contribution in [1.82, 2.24) is 0 Å². The predicted molar refractivity (Wildman–Crippen MR) is 95.2 cm³/mol. The maximum Gasteiger partial charge on any atom is 0.339 e. The molecular weight excluding hydrogens is 304 g/mol. The minimum Gasteiger partial charge on any atom is -0.507 e. The van der Waals surface area contributed by atoms with Gasteiger partial charge in [0.15, 0.2) is 0 Å². The number of carboxylic acid groups (broad SMARTS) is 1. The van der Waals surface area contributed by atoms with E-state index in [1.54, 1.807) is 0 Å². The molecule has 0 saturated heterocycles. The van der Waals surface area contributed by atoms with Gasteiger partial charge < -0.3 is 14.9 Å². The quantitative estimate of drug-likeness (QED) is 0.757. The monoisotopic (exact) mass is 334 g/mol. The van der Waals surface area contributed by atoms with Crippen LogP contribution in [0, 0.1) is 5.41 Å². The smallest absolute Gasteiger partial charge is 0.339 e. The second-order valence-electron chi connectivity index (χ2n) is 7.64. The van der Waals surface area contributed by atoms with Crippen LogP contribution in [0.4, 0.5) is 0 Å². The Kier molecular flexibility index (Phi) is 5.46. The fourth-order valence-corrected chi connectivity index (χ4v) is 3.62. The summed E-state index contributed by atoms with van der Waals surface area (Å²) in [6, 6.07) is 1.85. The minimum absolute atomic E-state index is 0.0367. The van der Waals surface area contributed by atoms with Crippen molar-refractivity contribution in [3.63, 3.8) is 0 Å². The number of aromatic carboxylic acids is 1. The number of carboxylic acids is 1. The van der Waals surface area contributed by atoms with E-state index in [0.717, 1.165) is 25.7 Å². The van der Waals surface area contributed by atoms with Crippen LogP contribution in [0.2, 0.25) is 0 Å². The van der Waals surface area contributed by atoms with Crippen molar-refractivity contribution in [1.29, 1.82) is 0 Å². The zero-order valence-electron chi connectivity index (χ0n) is 15.5. The summed E-state index contributed by atoms with van der Waals surface area (Å²) in [7, 11) is 0. The first-order valence-corrected chi connectivity index (χ1v) is 9.01. The van der Waals surface area contributed by atoms with Crippen molar-refractivity contribution in [3.8, 4) is 11.5 Å². The summed E-state index contributed by atoms with van der Waals surface area (Å²) in [5.41, 5.74) is 1.36. The molecule has 0 radical (unpaired) electrons. The van der Waals surface area contributed by atoms with Gasteiger partial charge in [-0.15, -0.1) is 0 Å². The third-order valence-corrected chi connectivity index (χ3v) is 5.50. The van der Waals surface area contributed by atoms with Crippen molar-refractivity contribution in [2.45, 2.75) is 78.7 Å². The largest absolute Gasteiger partial charge is 0.507 e. The standard InChI is InChI=1S/C20H30O4/c1-6-8-9-13-11-15-17(18(21)16(13)19(22)23)14(10-12(3)24-15)20(4,5)7-2/h11-12,14,21H,6-10H2,1-5H3,(H,22,23). The molecule has 2 unspecified atom stereocenters. The number of hydrogen-bond acceptors (Lipinski definition) is 3. The van der Waals surface area contributed by atoms with Crippen LogP contribution in [0.3, 0.4) is 0 Å². The Morgan fingerprint density at radius 3 is 2.58 bits per heavy atom. The average molecular weight is 334 g/mol. The van der Waals surface area contributed by atoms with Crippen molar-refractivity contribution in [3.05, 3.63) is 22.8 Å². The summed E-state index contributed by atoms with van der Waals surface area (Å²) in [5.74, 6) is -0.411. The van der Waals surface area contributed by atoms with Gasteiger partial charge in [0.1, 0.15) is 17.1 Å². The van der Waals surface area contributed by atoms with E-state index in [9.17, 15) is 15.0 Å². The van der Waals surface area contributed by atoms with Crippen molar-refractivity contribution < 1.29 is 19.7 Å². The van der Waals surface area contributed by atoms with Crippen LogP contribution in [0.25, 0.3) is 0 Å². The molecular formula is C20H30O4. The normalized spacial score (nSPS) is 20.4. The van der Waals surface area contributed by atoms with Crippen LogP contribution >= 0.6 is 0 Å². The summed E-state index contributed by atoms with van der Waals surface area (Å²) >= 11 is 0. The molecule has 1 aromatic carbocycles. The molecule has 2 N–H and O–H groups in total. The van der Waals surface area contributed by atoms with E-state index < -0.39 is 5.97 Å². The molecule has 1 heterocycles. The summed E-state index contributed by atoms with van der Waals surface area (Å²) in [6.07, 6.45) is 4.29. The van der Waals surface area contributed by atoms with Crippen molar-refractivity contribution >= 4 is 5.97 Å². The highest BCUT2D eigenvalue weighted by atomic mass is 16.5. The number of ether oxygens (including phenoxy) is 1. The molecule has 1 aliphatic heterocycles. The molecule has 2 rings (SSSR count). The van der Waals surface area contributed by atoms with Gasteiger partial charge in [-0.05, 0) is 49.1 Å². The van der Waals surface area contributed by atoms with E-state index in [1.165, 1.54) is 0 Å². The van der Waals surface area contributed by atoms with Crippen LogP contribution in [-0.2, 0) is 6.42 Å². The number of carbonyl (C=O) groups is 1. The van der Waals surface area contributed by atoms with Gasteiger partial charge in [-0.1, -0.05) is 40.5 Å². The Morgan fingerprint density at radius 2 is 2.04 bits per heavy atom. The first-order chi connectivity index (χ1) is 11.2. The van der Waals surface area contributed by atoms with Gasteiger partial charge in [0.25, 0.3) is 0 Å². The minimum atomic E-state index is -1.06. The lowest BCUT2D eigenvalue weighted by Crippen LogP contribution is -2.32. The Bertz CT molecular complexity index is 619. The summed E-state index contributed by atoms with van der Waals surface area (Å²) in [4.78, 5) is 11.8. The van der Waals surface area contributed by atoms with Gasteiger partial charge in [-0.2, -0.15) is 0 Å². The number of phenols is 1. The third-order valence-electron chi connectivity index (χ3n) is 5.50. The number of aryl methyl sites for hydroxylation is 1. The van der Waals surface area contributed by atoms with Crippen LogP contribution in [0.5, 0.6) is 11.5 Å². The zero-order chi connectivity index (χ0) is 18.1. The number of rotatable bonds is 6. The molecule has 24 heavy (non-hydrogen) atoms. The molecule has 1 aromatic rings. The Labute approximate surface area is 144 Å². The summed E-state index contributed by atoms with van der Waals surface area (Å²) in [6.45, 7) is 10.6. The van der Waals surface area contributed by atoms with E-state index in [0.29, 0.717) is 23.3 Å². The van der Waals surface area contributed by atoms with Crippen LogP contribution in [-0.4, -0.2) is 22.3 Å². The maximum absolute atomic E-state index is 11.8. The molecule has 2 atom stereocenters. The molecule has 1 aliphatic rings. The van der Waals surface area contributed by atoms with E-state index >= 15 is 0 Å². The fourth-order valence-electron chi connectivity index (χ4n) is 3.62. The molecule has 0 aromatic heterocycles. The fraction of sp³-hybridized carbons (Fsp3) is 0.650. The highest BCUT2D eigenvalue weighted by Gasteiger charge is 2.40. The first kappa shape index (κ1) is 18.6. The molecule has 0 aliphatic carbocycles. The predicted octanol–water partition coefficient (Wildman–Crippen LogP) is 5.12. The molecule has 0 saturated carbocycles. The number of fused-ring (bicyclic) bond motifs is 1. The van der Waals surface area contributed by atoms with Gasteiger partial charge >= 0.3 is 5.97 Å². The van der Waals surface area contributed by atoms with Crippen molar-refractivity contribution in [2.75, 3.05) is 0 Å². The van der Waals surface area contributed by atoms with Crippen LogP contribution < -0.4 is 4.74 Å². The van der Waals surface area contributed by atoms with Crippen LogP contribution in [0.15, 0.2) is 6.07 Å². The molecule has 0 fully saturated rings. The number of benzene rings is 1. The lowest BCUT2D eigenvalue weighted by atomic mass is 9.69. The maximum atomic E-state index is 11.8. The lowest BCUT2D eigenvalue weighted by molar-refractivity contribution is 0.0690. The molecule has 4 heteroatoms. The van der Waals surface area contributed by atoms with Gasteiger partial charge in [0.2, 0.25) is 0 Å². The number of aromatic hydroxyl groups is 1. The molecule has 0 bridgehead atoms. The highest BCUT2D eigenvalue weighted by Crippen LogP contribution is 2.52. The Morgan fingerprint density at radius 1 is 1.38 bits per heavy atom. The van der Waals surface area contributed by atoms with Gasteiger partial charge in [-0.3, -0.25) is 0 Å². The summed E-state index contributed by atoms with van der Waals surface area (Å²) in [5, 5.41) is 20.5. The zero-order valence-corrected chi connectivity index (χ0v) is 15.5. The molecule has 134 valence electrons. The van der Waals surface area contributed by atoms with Crippen molar-refractivity contribution in [2.24, 2.45) is 5.41 Å². The SMILES string of the molecule is CCCCc1cc2c(c(O)c1C(=O)O)C(C(C)(C)CC)CC(C)O2. The second-order valence-corrected chi connectivity index (χ2v) is 7.64. The number of unbranched alkanes of at least 4 members (excludes halogenated alkanes) is 1. The van der Waals surface area contributed by atoms with Gasteiger partial charge in [0.05, 0.1) is 6.10 Å². The topological polar surface area (TPSA) is 66.8 Å². The average Bonchev–Trinajstić information content (AvgIpc) is 2.51.